The Kier molecular flexibility index (Phi) is 7.70. The third-order valence-corrected chi connectivity index (χ3v) is 3.49. The lowest BCUT2D eigenvalue weighted by atomic mass is 10.1. The highest BCUT2D eigenvalue weighted by atomic mass is 16.5. The molecular formula is C18H24N4O2. The van der Waals surface area contributed by atoms with E-state index in [4.69, 9.17) is 4.74 Å². The number of anilines is 1. The van der Waals surface area contributed by atoms with Gasteiger partial charge in [-0.1, -0.05) is 30.3 Å². The normalized spacial score (nSPS) is 10.4. The third kappa shape index (κ3) is 6.34. The van der Waals surface area contributed by atoms with Gasteiger partial charge in [-0.15, -0.1) is 0 Å². The largest absolute Gasteiger partial charge is 0.385 e. The number of nitrogens with zero attached hydrogens (tertiary/aromatic N) is 2. The average molecular weight is 328 g/mol. The van der Waals surface area contributed by atoms with Crippen LogP contribution in [-0.4, -0.2) is 42.7 Å². The summed E-state index contributed by atoms with van der Waals surface area (Å²) in [6.07, 6.45) is 5.79. The zero-order valence-corrected chi connectivity index (χ0v) is 14.0. The van der Waals surface area contributed by atoms with Gasteiger partial charge in [-0.3, -0.25) is 4.79 Å². The minimum Gasteiger partial charge on any atom is -0.385 e. The number of amides is 1. The van der Waals surface area contributed by atoms with Gasteiger partial charge < -0.3 is 15.4 Å². The number of aromatic nitrogens is 2. The molecule has 24 heavy (non-hydrogen) atoms. The molecule has 0 saturated carbocycles. The van der Waals surface area contributed by atoms with Crippen molar-refractivity contribution in [2.75, 3.05) is 32.1 Å². The van der Waals surface area contributed by atoms with Gasteiger partial charge in [0.05, 0.1) is 12.4 Å². The molecule has 0 unspecified atom stereocenters. The van der Waals surface area contributed by atoms with Gasteiger partial charge in [-0.25, -0.2) is 9.97 Å². The Morgan fingerprint density at radius 2 is 1.92 bits per heavy atom. The highest BCUT2D eigenvalue weighted by molar-refractivity contribution is 5.91. The third-order valence-electron chi connectivity index (χ3n) is 3.49. The van der Waals surface area contributed by atoms with E-state index >= 15 is 0 Å². The summed E-state index contributed by atoms with van der Waals surface area (Å²) in [4.78, 5) is 20.4. The highest BCUT2D eigenvalue weighted by Gasteiger charge is 2.07. The molecule has 0 fully saturated rings. The van der Waals surface area contributed by atoms with Gasteiger partial charge in [0, 0.05) is 26.8 Å². The Balaban J connectivity index is 1.68. The van der Waals surface area contributed by atoms with Crippen molar-refractivity contribution in [1.82, 2.24) is 15.3 Å². The molecule has 0 atom stereocenters. The van der Waals surface area contributed by atoms with Crippen LogP contribution < -0.4 is 10.6 Å². The van der Waals surface area contributed by atoms with Crippen molar-refractivity contribution in [3.05, 3.63) is 54.0 Å². The van der Waals surface area contributed by atoms with Gasteiger partial charge in [0.15, 0.2) is 0 Å². The molecule has 0 saturated heterocycles. The molecule has 0 aliphatic rings. The predicted molar refractivity (Wildman–Crippen MR) is 94.1 cm³/mol. The second-order valence-corrected chi connectivity index (χ2v) is 5.41. The fraction of sp³-hybridized carbons (Fsp3) is 0.389. The number of hydrogen-bond donors (Lipinski definition) is 2. The molecule has 1 aromatic carbocycles. The number of nitrogens with one attached hydrogen (secondary N) is 2. The summed E-state index contributed by atoms with van der Waals surface area (Å²) < 4.78 is 4.98. The fourth-order valence-electron chi connectivity index (χ4n) is 2.20. The summed E-state index contributed by atoms with van der Waals surface area (Å²) in [7, 11) is 1.67. The SMILES string of the molecule is COCCCNc1cnc(C(=O)NCCCc2ccccc2)cn1. The molecule has 1 amide bonds. The second-order valence-electron chi connectivity index (χ2n) is 5.41. The predicted octanol–water partition coefficient (Wildman–Crippen LogP) is 2.29. The lowest BCUT2D eigenvalue weighted by molar-refractivity contribution is 0.0948. The topological polar surface area (TPSA) is 76.1 Å². The van der Waals surface area contributed by atoms with Crippen LogP contribution >= 0.6 is 0 Å². The highest BCUT2D eigenvalue weighted by Crippen LogP contribution is 2.03. The van der Waals surface area contributed by atoms with E-state index in [0.29, 0.717) is 24.7 Å². The van der Waals surface area contributed by atoms with Crippen LogP contribution in [0.3, 0.4) is 0 Å². The minimum absolute atomic E-state index is 0.193. The lowest BCUT2D eigenvalue weighted by Gasteiger charge is -2.07. The second kappa shape index (κ2) is 10.3. The van der Waals surface area contributed by atoms with E-state index in [2.05, 4.69) is 32.7 Å². The van der Waals surface area contributed by atoms with E-state index in [1.54, 1.807) is 13.3 Å². The zero-order chi connectivity index (χ0) is 17.0. The molecule has 6 nitrogen and oxygen atoms in total. The van der Waals surface area contributed by atoms with Crippen LogP contribution in [0.4, 0.5) is 5.82 Å². The number of aryl methyl sites for hydroxylation is 1. The van der Waals surface area contributed by atoms with E-state index in [1.165, 1.54) is 11.8 Å². The maximum absolute atomic E-state index is 12.0. The number of benzene rings is 1. The molecule has 0 spiro atoms. The molecule has 0 radical (unpaired) electrons. The van der Waals surface area contributed by atoms with Gasteiger partial charge in [0.1, 0.15) is 11.5 Å². The summed E-state index contributed by atoms with van der Waals surface area (Å²) in [5, 5.41) is 6.00. The van der Waals surface area contributed by atoms with E-state index < -0.39 is 0 Å². The first-order chi connectivity index (χ1) is 11.8. The Morgan fingerprint density at radius 1 is 1.08 bits per heavy atom. The summed E-state index contributed by atoms with van der Waals surface area (Å²) in [5.41, 5.74) is 1.60. The standard InChI is InChI=1S/C18H24N4O2/c1-24-12-6-11-19-17-14-21-16(13-22-17)18(23)20-10-5-9-15-7-3-2-4-8-15/h2-4,7-8,13-14H,5-6,9-12H2,1H3,(H,19,22)(H,20,23). The van der Waals surface area contributed by atoms with E-state index in [9.17, 15) is 4.79 Å². The van der Waals surface area contributed by atoms with Gasteiger partial charge in [0.25, 0.3) is 5.91 Å². The Bertz CT molecular complexity index is 602. The minimum atomic E-state index is -0.193. The van der Waals surface area contributed by atoms with Crippen LogP contribution in [0.25, 0.3) is 0 Å². The summed E-state index contributed by atoms with van der Waals surface area (Å²) in [5.74, 6) is 0.466. The van der Waals surface area contributed by atoms with Crippen LogP contribution in [0, 0.1) is 0 Å². The van der Waals surface area contributed by atoms with Crippen molar-refractivity contribution in [2.45, 2.75) is 19.3 Å². The summed E-state index contributed by atoms with van der Waals surface area (Å²) in [6, 6.07) is 10.2. The molecule has 2 aromatic rings. The maximum Gasteiger partial charge on any atom is 0.271 e. The first-order valence-corrected chi connectivity index (χ1v) is 8.16. The molecule has 128 valence electrons. The zero-order valence-electron chi connectivity index (χ0n) is 14.0. The first kappa shape index (κ1) is 17.9. The number of ether oxygens (including phenoxy) is 1. The molecule has 0 aliphatic heterocycles. The smallest absolute Gasteiger partial charge is 0.271 e. The number of methoxy groups -OCH3 is 1. The maximum atomic E-state index is 12.0. The Hall–Kier alpha value is -2.47. The van der Waals surface area contributed by atoms with Crippen molar-refractivity contribution in [3.63, 3.8) is 0 Å². The average Bonchev–Trinajstić information content (AvgIpc) is 2.63. The van der Waals surface area contributed by atoms with E-state index in [1.807, 2.05) is 18.2 Å². The first-order valence-electron chi connectivity index (χ1n) is 8.16. The van der Waals surface area contributed by atoms with Crippen LogP contribution in [0.5, 0.6) is 0 Å². The lowest BCUT2D eigenvalue weighted by Crippen LogP contribution is -2.26. The van der Waals surface area contributed by atoms with E-state index in [0.717, 1.165) is 25.8 Å². The summed E-state index contributed by atoms with van der Waals surface area (Å²) >= 11 is 0. The molecule has 0 bridgehead atoms. The van der Waals surface area contributed by atoms with Crippen LogP contribution in [-0.2, 0) is 11.2 Å². The Labute approximate surface area is 142 Å². The quantitative estimate of drug-likeness (QED) is 0.655. The van der Waals surface area contributed by atoms with Crippen molar-refractivity contribution >= 4 is 11.7 Å². The summed E-state index contributed by atoms with van der Waals surface area (Å²) in [6.45, 7) is 2.07. The van der Waals surface area contributed by atoms with Crippen molar-refractivity contribution in [3.8, 4) is 0 Å². The van der Waals surface area contributed by atoms with Crippen molar-refractivity contribution in [1.29, 1.82) is 0 Å². The van der Waals surface area contributed by atoms with Crippen molar-refractivity contribution < 1.29 is 9.53 Å². The van der Waals surface area contributed by atoms with Crippen LogP contribution in [0.1, 0.15) is 28.9 Å². The monoisotopic (exact) mass is 328 g/mol. The van der Waals surface area contributed by atoms with Crippen molar-refractivity contribution in [2.24, 2.45) is 0 Å². The number of carbonyl (C=O) groups excluding carboxylic acids is 1. The molecular weight excluding hydrogens is 304 g/mol. The molecule has 1 aromatic heterocycles. The number of carbonyl (C=O) groups is 1. The van der Waals surface area contributed by atoms with Gasteiger partial charge in [0.2, 0.25) is 0 Å². The molecule has 0 aliphatic carbocycles. The Morgan fingerprint density at radius 3 is 2.62 bits per heavy atom. The molecule has 2 rings (SSSR count). The van der Waals surface area contributed by atoms with Gasteiger partial charge in [-0.2, -0.15) is 0 Å². The van der Waals surface area contributed by atoms with Gasteiger partial charge in [-0.05, 0) is 24.8 Å². The van der Waals surface area contributed by atoms with E-state index in [-0.39, 0.29) is 5.91 Å². The molecule has 1 heterocycles. The number of hydrogen-bond acceptors (Lipinski definition) is 5. The molecule has 6 heteroatoms. The number of rotatable bonds is 10. The van der Waals surface area contributed by atoms with Crippen LogP contribution in [0.15, 0.2) is 42.7 Å². The fourth-order valence-corrected chi connectivity index (χ4v) is 2.20. The van der Waals surface area contributed by atoms with Crippen LogP contribution in [0.2, 0.25) is 0 Å². The van der Waals surface area contributed by atoms with Gasteiger partial charge >= 0.3 is 0 Å². The molecule has 2 N–H and O–H groups in total.